The molecule has 0 radical (unpaired) electrons. The van der Waals surface area contributed by atoms with Crippen LogP contribution in [-0.4, -0.2) is 42.0 Å². The molecule has 1 aliphatic carbocycles. The summed E-state index contributed by atoms with van der Waals surface area (Å²) in [7, 11) is 0. The predicted octanol–water partition coefficient (Wildman–Crippen LogP) is 3.87. The van der Waals surface area contributed by atoms with Crippen molar-refractivity contribution in [3.8, 4) is 0 Å². The van der Waals surface area contributed by atoms with Crippen LogP contribution in [0.4, 0.5) is 19.0 Å². The van der Waals surface area contributed by atoms with Crippen LogP contribution in [0.15, 0.2) is 48.7 Å². The molecule has 28 heavy (non-hydrogen) atoms. The molecule has 0 atom stereocenters. The van der Waals surface area contributed by atoms with Crippen molar-refractivity contribution in [3.05, 3.63) is 59.8 Å². The molecule has 1 aromatic carbocycles. The van der Waals surface area contributed by atoms with Gasteiger partial charge in [0, 0.05) is 32.4 Å². The van der Waals surface area contributed by atoms with Crippen LogP contribution in [0.1, 0.15) is 30.4 Å². The van der Waals surface area contributed by atoms with Gasteiger partial charge >= 0.3 is 6.18 Å². The van der Waals surface area contributed by atoms with E-state index in [4.69, 9.17) is 0 Å². The fourth-order valence-corrected chi connectivity index (χ4v) is 3.90. The summed E-state index contributed by atoms with van der Waals surface area (Å²) in [5.41, 5.74) is -0.0600. The lowest BCUT2D eigenvalue weighted by atomic mass is 9.94. The van der Waals surface area contributed by atoms with Crippen molar-refractivity contribution < 1.29 is 18.0 Å². The first-order valence-corrected chi connectivity index (χ1v) is 9.53. The molecule has 1 amide bonds. The molecule has 2 aliphatic rings. The summed E-state index contributed by atoms with van der Waals surface area (Å²) in [4.78, 5) is 21.1. The Balaban J connectivity index is 1.44. The van der Waals surface area contributed by atoms with Gasteiger partial charge in [0.2, 0.25) is 5.91 Å². The maximum absolute atomic E-state index is 13.2. The van der Waals surface area contributed by atoms with E-state index in [-0.39, 0.29) is 11.3 Å². The molecule has 0 spiro atoms. The van der Waals surface area contributed by atoms with Crippen molar-refractivity contribution in [2.24, 2.45) is 0 Å². The standard InChI is InChI=1S/C21H22F3N3O/c22-21(23,24)17-7-8-18(25-15-17)26-11-4-12-27(14-13-26)19(28)20(9-10-20)16-5-2-1-3-6-16/h1-3,5-8,15H,4,9-14H2. The number of nitrogens with zero attached hydrogens (tertiary/aromatic N) is 3. The molecule has 0 N–H and O–H groups in total. The van der Waals surface area contributed by atoms with Gasteiger partial charge in [-0.3, -0.25) is 4.79 Å². The van der Waals surface area contributed by atoms with Gasteiger partial charge in [0.1, 0.15) is 5.82 Å². The number of aromatic nitrogens is 1. The zero-order valence-corrected chi connectivity index (χ0v) is 15.5. The molecule has 1 aliphatic heterocycles. The molecule has 2 aromatic rings. The van der Waals surface area contributed by atoms with E-state index in [1.165, 1.54) is 6.07 Å². The summed E-state index contributed by atoms with van der Waals surface area (Å²) in [5.74, 6) is 0.687. The smallest absolute Gasteiger partial charge is 0.355 e. The van der Waals surface area contributed by atoms with Crippen molar-refractivity contribution in [1.82, 2.24) is 9.88 Å². The molecule has 0 bridgehead atoms. The lowest BCUT2D eigenvalue weighted by Crippen LogP contribution is -2.41. The Morgan fingerprint density at radius 2 is 1.71 bits per heavy atom. The third-order valence-corrected chi connectivity index (χ3v) is 5.67. The van der Waals surface area contributed by atoms with E-state index in [1.807, 2.05) is 40.1 Å². The van der Waals surface area contributed by atoms with Crippen LogP contribution in [0.25, 0.3) is 0 Å². The van der Waals surface area contributed by atoms with Gasteiger partial charge in [0.05, 0.1) is 11.0 Å². The highest BCUT2D eigenvalue weighted by Crippen LogP contribution is 2.49. The second kappa shape index (κ2) is 7.11. The van der Waals surface area contributed by atoms with E-state index < -0.39 is 11.7 Å². The highest BCUT2D eigenvalue weighted by Gasteiger charge is 2.52. The van der Waals surface area contributed by atoms with Crippen molar-refractivity contribution in [2.45, 2.75) is 30.9 Å². The first-order chi connectivity index (χ1) is 13.4. The summed E-state index contributed by atoms with van der Waals surface area (Å²) >= 11 is 0. The SMILES string of the molecule is O=C(N1CCCN(c2ccc(C(F)(F)F)cn2)CC1)C1(c2ccccc2)CC1. The van der Waals surface area contributed by atoms with E-state index >= 15 is 0 Å². The number of halogens is 3. The van der Waals surface area contributed by atoms with Gasteiger partial charge < -0.3 is 9.80 Å². The van der Waals surface area contributed by atoms with Gasteiger partial charge in [0.25, 0.3) is 0 Å². The number of carbonyl (C=O) groups is 1. The Kier molecular flexibility index (Phi) is 4.77. The number of benzene rings is 1. The van der Waals surface area contributed by atoms with E-state index in [1.54, 1.807) is 0 Å². The highest BCUT2D eigenvalue weighted by atomic mass is 19.4. The normalized spacial score (nSPS) is 19.2. The molecule has 148 valence electrons. The summed E-state index contributed by atoms with van der Waals surface area (Å²) in [6.45, 7) is 2.44. The van der Waals surface area contributed by atoms with Crippen LogP contribution in [0.3, 0.4) is 0 Å². The average molecular weight is 389 g/mol. The third kappa shape index (κ3) is 3.57. The quantitative estimate of drug-likeness (QED) is 0.800. The fraction of sp³-hybridized carbons (Fsp3) is 0.429. The molecule has 0 unspecified atom stereocenters. The van der Waals surface area contributed by atoms with Gasteiger partial charge in [-0.25, -0.2) is 4.98 Å². The van der Waals surface area contributed by atoms with E-state index in [9.17, 15) is 18.0 Å². The third-order valence-electron chi connectivity index (χ3n) is 5.67. The average Bonchev–Trinajstić information content (AvgIpc) is 3.52. The second-order valence-electron chi connectivity index (χ2n) is 7.48. The highest BCUT2D eigenvalue weighted by molar-refractivity contribution is 5.91. The molecular formula is C21H22F3N3O. The van der Waals surface area contributed by atoms with E-state index in [0.717, 1.165) is 37.1 Å². The zero-order chi connectivity index (χ0) is 19.8. The number of amides is 1. The van der Waals surface area contributed by atoms with Crippen molar-refractivity contribution in [2.75, 3.05) is 31.1 Å². The zero-order valence-electron chi connectivity index (χ0n) is 15.5. The van der Waals surface area contributed by atoms with Gasteiger partial charge in [-0.15, -0.1) is 0 Å². The van der Waals surface area contributed by atoms with Crippen LogP contribution in [0.5, 0.6) is 0 Å². The number of hydrogen-bond acceptors (Lipinski definition) is 3. The molecule has 7 heteroatoms. The Bertz CT molecular complexity index is 832. The first kappa shape index (κ1) is 18.8. The molecule has 1 aromatic heterocycles. The minimum absolute atomic E-state index is 0.168. The van der Waals surface area contributed by atoms with Crippen molar-refractivity contribution in [1.29, 1.82) is 0 Å². The summed E-state index contributed by atoms with van der Waals surface area (Å²) in [6, 6.07) is 12.4. The number of pyridine rings is 1. The largest absolute Gasteiger partial charge is 0.417 e. The lowest BCUT2D eigenvalue weighted by Gasteiger charge is -2.27. The topological polar surface area (TPSA) is 36.4 Å². The number of rotatable bonds is 3. The van der Waals surface area contributed by atoms with Crippen LogP contribution in [-0.2, 0) is 16.4 Å². The fourth-order valence-electron chi connectivity index (χ4n) is 3.90. The predicted molar refractivity (Wildman–Crippen MR) is 100 cm³/mol. The van der Waals surface area contributed by atoms with Gasteiger partial charge in [-0.2, -0.15) is 13.2 Å². The molecular weight excluding hydrogens is 367 g/mol. The van der Waals surface area contributed by atoms with Gasteiger partial charge in [0.15, 0.2) is 0 Å². The minimum Gasteiger partial charge on any atom is -0.355 e. The van der Waals surface area contributed by atoms with Crippen LogP contribution in [0, 0.1) is 0 Å². The van der Waals surface area contributed by atoms with E-state index in [2.05, 4.69) is 4.98 Å². The molecule has 2 heterocycles. The molecule has 4 rings (SSSR count). The molecule has 4 nitrogen and oxygen atoms in total. The number of carbonyl (C=O) groups excluding carboxylic acids is 1. The number of hydrogen-bond donors (Lipinski definition) is 0. The van der Waals surface area contributed by atoms with Gasteiger partial charge in [-0.1, -0.05) is 30.3 Å². The Morgan fingerprint density at radius 1 is 0.964 bits per heavy atom. The molecule has 2 fully saturated rings. The number of alkyl halides is 3. The maximum atomic E-state index is 13.2. The monoisotopic (exact) mass is 389 g/mol. The van der Waals surface area contributed by atoms with Crippen LogP contribution < -0.4 is 4.90 Å². The Hall–Kier alpha value is -2.57. The summed E-state index contributed by atoms with van der Waals surface area (Å²) in [6.07, 6.45) is -1.01. The lowest BCUT2D eigenvalue weighted by molar-refractivity contribution is -0.138. The Labute approximate surface area is 162 Å². The molecule has 1 saturated heterocycles. The maximum Gasteiger partial charge on any atom is 0.417 e. The van der Waals surface area contributed by atoms with Crippen molar-refractivity contribution >= 4 is 11.7 Å². The Morgan fingerprint density at radius 3 is 2.32 bits per heavy atom. The van der Waals surface area contributed by atoms with Crippen LogP contribution in [0.2, 0.25) is 0 Å². The van der Waals surface area contributed by atoms with Crippen LogP contribution >= 0.6 is 0 Å². The number of anilines is 1. The molecule has 1 saturated carbocycles. The second-order valence-corrected chi connectivity index (χ2v) is 7.48. The minimum atomic E-state index is -4.39. The van der Waals surface area contributed by atoms with Gasteiger partial charge in [-0.05, 0) is 37.0 Å². The first-order valence-electron chi connectivity index (χ1n) is 9.53. The summed E-state index contributed by atoms with van der Waals surface area (Å²) < 4.78 is 38.2. The van der Waals surface area contributed by atoms with Crippen molar-refractivity contribution in [3.63, 3.8) is 0 Å². The summed E-state index contributed by atoms with van der Waals surface area (Å²) in [5, 5.41) is 0. The van der Waals surface area contributed by atoms with E-state index in [0.29, 0.717) is 32.0 Å².